The summed E-state index contributed by atoms with van der Waals surface area (Å²) < 4.78 is 0. The number of aliphatic carboxylic acids is 1. The van der Waals surface area contributed by atoms with Crippen molar-refractivity contribution in [3.8, 4) is 10.4 Å². The van der Waals surface area contributed by atoms with E-state index in [1.54, 1.807) is 4.90 Å². The summed E-state index contributed by atoms with van der Waals surface area (Å²) in [6.45, 7) is 4.86. The number of hydrogen-bond donors (Lipinski definition) is 1. The molecule has 132 valence electrons. The van der Waals surface area contributed by atoms with Crippen LogP contribution < -0.4 is 0 Å². The number of carbonyl (C=O) groups is 2. The minimum absolute atomic E-state index is 0.0166. The summed E-state index contributed by atoms with van der Waals surface area (Å²) in [5.74, 6) is -1.19. The molecule has 1 aromatic heterocycles. The van der Waals surface area contributed by atoms with E-state index in [0.717, 1.165) is 16.0 Å². The average Bonchev–Trinajstić information content (AvgIpc) is 2.95. The van der Waals surface area contributed by atoms with E-state index in [1.165, 1.54) is 11.3 Å². The molecule has 0 aliphatic carbocycles. The SMILES string of the molecule is Cc1cc(C(=O)N2CCC(C(=O)O)C(C)C2)sc1-c1cccc(Cl)c1. The summed E-state index contributed by atoms with van der Waals surface area (Å²) in [5, 5.41) is 9.90. The Kier molecular flexibility index (Phi) is 5.16. The van der Waals surface area contributed by atoms with Gasteiger partial charge in [0, 0.05) is 23.0 Å². The van der Waals surface area contributed by atoms with E-state index in [0.29, 0.717) is 29.4 Å². The van der Waals surface area contributed by atoms with Crippen molar-refractivity contribution < 1.29 is 14.7 Å². The number of amides is 1. The molecule has 3 rings (SSSR count). The van der Waals surface area contributed by atoms with Gasteiger partial charge >= 0.3 is 5.97 Å². The van der Waals surface area contributed by atoms with Gasteiger partial charge in [0.1, 0.15) is 0 Å². The number of carboxylic acids is 1. The Bertz CT molecular complexity index is 817. The van der Waals surface area contributed by atoms with Crippen LogP contribution in [-0.2, 0) is 4.79 Å². The second kappa shape index (κ2) is 7.18. The molecule has 1 aromatic carbocycles. The number of likely N-dealkylation sites (tertiary alicyclic amines) is 1. The van der Waals surface area contributed by atoms with Gasteiger partial charge in [0.2, 0.25) is 0 Å². The minimum Gasteiger partial charge on any atom is -0.481 e. The molecule has 2 aromatic rings. The van der Waals surface area contributed by atoms with Crippen LogP contribution in [0.3, 0.4) is 0 Å². The molecule has 6 heteroatoms. The first-order valence-corrected chi connectivity index (χ1v) is 9.44. The fourth-order valence-electron chi connectivity index (χ4n) is 3.36. The Labute approximate surface area is 156 Å². The van der Waals surface area contributed by atoms with Crippen LogP contribution in [0.15, 0.2) is 30.3 Å². The van der Waals surface area contributed by atoms with Gasteiger partial charge in [-0.05, 0) is 48.6 Å². The number of benzene rings is 1. The number of hydrogen-bond acceptors (Lipinski definition) is 3. The molecule has 4 nitrogen and oxygen atoms in total. The van der Waals surface area contributed by atoms with Crippen molar-refractivity contribution in [1.82, 2.24) is 4.90 Å². The molecule has 0 bridgehead atoms. The van der Waals surface area contributed by atoms with Gasteiger partial charge in [-0.3, -0.25) is 9.59 Å². The van der Waals surface area contributed by atoms with Crippen molar-refractivity contribution in [3.05, 3.63) is 45.8 Å². The number of carboxylic acid groups (broad SMARTS) is 1. The summed E-state index contributed by atoms with van der Waals surface area (Å²) in [5.41, 5.74) is 2.05. The van der Waals surface area contributed by atoms with Crippen LogP contribution in [-0.4, -0.2) is 35.0 Å². The van der Waals surface area contributed by atoms with Gasteiger partial charge in [0.25, 0.3) is 5.91 Å². The van der Waals surface area contributed by atoms with Crippen LogP contribution in [0.2, 0.25) is 5.02 Å². The molecule has 1 N–H and O–H groups in total. The van der Waals surface area contributed by atoms with Crippen LogP contribution in [0.4, 0.5) is 0 Å². The molecule has 25 heavy (non-hydrogen) atoms. The zero-order valence-corrected chi connectivity index (χ0v) is 15.7. The number of carbonyl (C=O) groups excluding carboxylic acids is 1. The number of halogens is 1. The summed E-state index contributed by atoms with van der Waals surface area (Å²) in [6, 6.07) is 9.52. The molecule has 1 aliphatic rings. The highest BCUT2D eigenvalue weighted by Gasteiger charge is 2.33. The maximum absolute atomic E-state index is 12.8. The lowest BCUT2D eigenvalue weighted by Crippen LogP contribution is -2.44. The molecule has 1 saturated heterocycles. The van der Waals surface area contributed by atoms with Gasteiger partial charge in [-0.1, -0.05) is 30.7 Å². The number of piperidine rings is 1. The minimum atomic E-state index is -0.769. The maximum atomic E-state index is 12.8. The molecule has 0 spiro atoms. The molecule has 2 atom stereocenters. The van der Waals surface area contributed by atoms with Gasteiger partial charge in [-0.15, -0.1) is 11.3 Å². The number of nitrogens with zero attached hydrogens (tertiary/aromatic N) is 1. The zero-order chi connectivity index (χ0) is 18.1. The van der Waals surface area contributed by atoms with E-state index in [-0.39, 0.29) is 17.7 Å². The van der Waals surface area contributed by atoms with Crippen molar-refractivity contribution in [2.75, 3.05) is 13.1 Å². The van der Waals surface area contributed by atoms with Crippen LogP contribution >= 0.6 is 22.9 Å². The maximum Gasteiger partial charge on any atom is 0.306 e. The smallest absolute Gasteiger partial charge is 0.306 e. The Hall–Kier alpha value is -1.85. The molecule has 2 unspecified atom stereocenters. The third-order valence-electron chi connectivity index (χ3n) is 4.73. The first kappa shape index (κ1) is 18.0. The molecule has 0 radical (unpaired) electrons. The predicted octanol–water partition coefficient (Wildman–Crippen LogP) is 4.56. The first-order chi connectivity index (χ1) is 11.9. The third-order valence-corrected chi connectivity index (χ3v) is 6.23. The van der Waals surface area contributed by atoms with E-state index in [4.69, 9.17) is 11.6 Å². The molecular formula is C19H20ClNO3S. The third kappa shape index (κ3) is 3.72. The topological polar surface area (TPSA) is 57.6 Å². The van der Waals surface area contributed by atoms with Gasteiger partial charge in [0.05, 0.1) is 10.8 Å². The van der Waals surface area contributed by atoms with Crippen molar-refractivity contribution >= 4 is 34.8 Å². The Morgan fingerprint density at radius 3 is 2.72 bits per heavy atom. The predicted molar refractivity (Wildman–Crippen MR) is 100 cm³/mol. The first-order valence-electron chi connectivity index (χ1n) is 8.25. The van der Waals surface area contributed by atoms with Crippen LogP contribution in [0.1, 0.15) is 28.6 Å². The van der Waals surface area contributed by atoms with Gasteiger partial charge < -0.3 is 10.0 Å². The van der Waals surface area contributed by atoms with E-state index in [1.807, 2.05) is 44.2 Å². The summed E-state index contributed by atoms with van der Waals surface area (Å²) in [4.78, 5) is 27.6. The fraction of sp³-hybridized carbons (Fsp3) is 0.368. The van der Waals surface area contributed by atoms with Gasteiger partial charge in [0.15, 0.2) is 0 Å². The summed E-state index contributed by atoms with van der Waals surface area (Å²) in [7, 11) is 0. The average molecular weight is 378 g/mol. The Balaban J connectivity index is 1.80. The zero-order valence-electron chi connectivity index (χ0n) is 14.2. The standard InChI is InChI=1S/C19H20ClNO3S/c1-11-8-16(25-17(11)13-4-3-5-14(20)9-13)18(22)21-7-6-15(19(23)24)12(2)10-21/h3-5,8-9,12,15H,6-7,10H2,1-2H3,(H,23,24). The van der Waals surface area contributed by atoms with Gasteiger partial charge in [-0.25, -0.2) is 0 Å². The lowest BCUT2D eigenvalue weighted by Gasteiger charge is -2.34. The molecule has 1 fully saturated rings. The van der Waals surface area contributed by atoms with Crippen molar-refractivity contribution in [2.24, 2.45) is 11.8 Å². The van der Waals surface area contributed by atoms with Crippen molar-refractivity contribution in [3.63, 3.8) is 0 Å². The largest absolute Gasteiger partial charge is 0.481 e. The Morgan fingerprint density at radius 1 is 1.32 bits per heavy atom. The molecular weight excluding hydrogens is 358 g/mol. The highest BCUT2D eigenvalue weighted by molar-refractivity contribution is 7.17. The fourth-order valence-corrected chi connectivity index (χ4v) is 4.68. The Morgan fingerprint density at radius 2 is 2.08 bits per heavy atom. The van der Waals surface area contributed by atoms with E-state index in [2.05, 4.69) is 0 Å². The highest BCUT2D eigenvalue weighted by Crippen LogP contribution is 2.35. The van der Waals surface area contributed by atoms with Gasteiger partial charge in [-0.2, -0.15) is 0 Å². The van der Waals surface area contributed by atoms with Crippen LogP contribution in [0.5, 0.6) is 0 Å². The number of aryl methyl sites for hydroxylation is 1. The quantitative estimate of drug-likeness (QED) is 0.852. The van der Waals surface area contributed by atoms with E-state index in [9.17, 15) is 14.7 Å². The molecule has 1 aliphatic heterocycles. The van der Waals surface area contributed by atoms with Crippen LogP contribution in [0, 0.1) is 18.8 Å². The molecule has 1 amide bonds. The normalized spacial score (nSPS) is 20.5. The number of thiophene rings is 1. The second-order valence-electron chi connectivity index (χ2n) is 6.59. The summed E-state index contributed by atoms with van der Waals surface area (Å²) >= 11 is 7.54. The van der Waals surface area contributed by atoms with E-state index >= 15 is 0 Å². The van der Waals surface area contributed by atoms with Crippen LogP contribution in [0.25, 0.3) is 10.4 Å². The van der Waals surface area contributed by atoms with E-state index < -0.39 is 5.97 Å². The summed E-state index contributed by atoms with van der Waals surface area (Å²) in [6.07, 6.45) is 0.508. The lowest BCUT2D eigenvalue weighted by molar-refractivity contribution is -0.145. The second-order valence-corrected chi connectivity index (χ2v) is 8.08. The number of rotatable bonds is 3. The van der Waals surface area contributed by atoms with Crippen molar-refractivity contribution in [2.45, 2.75) is 20.3 Å². The lowest BCUT2D eigenvalue weighted by atomic mass is 9.87. The molecule has 0 saturated carbocycles. The molecule has 2 heterocycles. The highest BCUT2D eigenvalue weighted by atomic mass is 35.5. The van der Waals surface area contributed by atoms with Crippen molar-refractivity contribution in [1.29, 1.82) is 0 Å². The monoisotopic (exact) mass is 377 g/mol.